The van der Waals surface area contributed by atoms with Gasteiger partial charge in [-0.05, 0) is 114 Å². The monoisotopic (exact) mass is 708 g/mol. The Morgan fingerprint density at radius 3 is 1.15 bits per heavy atom. The molecule has 6 rings (SSSR count). The van der Waals surface area contributed by atoms with Gasteiger partial charge < -0.3 is 30.8 Å². The molecule has 4 aromatic rings. The first-order valence-electron chi connectivity index (χ1n) is 18.4. The molecule has 0 saturated heterocycles. The van der Waals surface area contributed by atoms with E-state index in [2.05, 4.69) is 83.0 Å². The molecule has 2 fully saturated rings. The molecule has 0 aliphatic heterocycles. The number of aliphatic hydroxyl groups is 2. The van der Waals surface area contributed by atoms with Crippen molar-refractivity contribution in [2.24, 2.45) is 21.7 Å². The summed E-state index contributed by atoms with van der Waals surface area (Å²) in [5.41, 5.74) is 1.38. The molecule has 2 heterocycles. The normalized spacial score (nSPS) is 18.0. The van der Waals surface area contributed by atoms with Gasteiger partial charge >= 0.3 is 0 Å². The zero-order chi connectivity index (χ0) is 38.1. The molecule has 2 atom stereocenters. The molecular weight excluding hydrogens is 652 g/mol. The van der Waals surface area contributed by atoms with E-state index in [1.165, 1.54) is 0 Å². The van der Waals surface area contributed by atoms with Gasteiger partial charge in [-0.25, -0.2) is 9.97 Å². The van der Waals surface area contributed by atoms with Gasteiger partial charge in [0.25, 0.3) is 0 Å². The standard InChI is InChI=1S/C42H56N6O4/c1-37(2,39(5,6)51)35(49)47-31(41(9)19-20-41)33-43-23-29(45-33)27-15-11-25(12-16-27)26-13-17-28(18-14-26)30-24-44-34(46-30)32(42(10)21-22-42)48-36(50)38(3,4)40(7,8)52/h11-18,23-24,31-32,51-52H,19-22H2,1-10H3,(H,43,45)(H,44,46)(H,47,49)(H,48,50)/t31-,32?/m1/s1. The molecule has 1 unspecified atom stereocenters. The van der Waals surface area contributed by atoms with Gasteiger partial charge in [0.05, 0.1) is 57.9 Å². The predicted octanol–water partition coefficient (Wildman–Crippen LogP) is 7.64. The summed E-state index contributed by atoms with van der Waals surface area (Å²) in [7, 11) is 0. The highest BCUT2D eigenvalue weighted by atomic mass is 16.3. The molecule has 2 amide bonds. The predicted molar refractivity (Wildman–Crippen MR) is 204 cm³/mol. The molecule has 0 spiro atoms. The van der Waals surface area contributed by atoms with E-state index < -0.39 is 22.0 Å². The third kappa shape index (κ3) is 7.07. The Morgan fingerprint density at radius 2 is 0.885 bits per heavy atom. The topological polar surface area (TPSA) is 156 Å². The SMILES string of the molecule is CC1(C(NC(=O)C(C)(C)C(C)(C)O)c2ncc(-c3ccc(-c4ccc(-c5cnc([C@@H](NC(=O)C(C)(C)C(C)(C)O)C6(C)CC6)[nH]5)cc4)cc3)[nH]2)CC1. The molecule has 2 aliphatic rings. The molecule has 0 radical (unpaired) electrons. The number of nitrogens with one attached hydrogen (secondary N) is 4. The second kappa shape index (κ2) is 12.7. The van der Waals surface area contributed by atoms with Gasteiger partial charge in [-0.3, -0.25) is 9.59 Å². The number of hydrogen-bond acceptors (Lipinski definition) is 6. The van der Waals surface area contributed by atoms with Crippen LogP contribution in [0.3, 0.4) is 0 Å². The van der Waals surface area contributed by atoms with Crippen LogP contribution >= 0.6 is 0 Å². The summed E-state index contributed by atoms with van der Waals surface area (Å²) in [6, 6.07) is 16.1. The van der Waals surface area contributed by atoms with Crippen LogP contribution in [0.5, 0.6) is 0 Å². The summed E-state index contributed by atoms with van der Waals surface area (Å²) < 4.78 is 0. The van der Waals surface area contributed by atoms with Crippen LogP contribution in [0.4, 0.5) is 0 Å². The number of imidazole rings is 2. The number of carbonyl (C=O) groups is 2. The summed E-state index contributed by atoms with van der Waals surface area (Å²) in [6.07, 6.45) is 7.61. The molecule has 10 nitrogen and oxygen atoms in total. The van der Waals surface area contributed by atoms with Crippen LogP contribution < -0.4 is 10.6 Å². The molecular formula is C42H56N6O4. The third-order valence-electron chi connectivity index (χ3n) is 12.7. The van der Waals surface area contributed by atoms with E-state index in [4.69, 9.17) is 9.97 Å². The van der Waals surface area contributed by atoms with Crippen LogP contribution in [0.1, 0.15) is 119 Å². The number of hydrogen-bond donors (Lipinski definition) is 6. The van der Waals surface area contributed by atoms with E-state index in [1.54, 1.807) is 55.4 Å². The summed E-state index contributed by atoms with van der Waals surface area (Å²) in [5, 5.41) is 27.7. The number of nitrogens with zero attached hydrogens (tertiary/aromatic N) is 2. The van der Waals surface area contributed by atoms with E-state index in [9.17, 15) is 19.8 Å². The summed E-state index contributed by atoms with van der Waals surface area (Å²) >= 11 is 0. The van der Waals surface area contributed by atoms with Crippen molar-refractivity contribution >= 4 is 11.8 Å². The van der Waals surface area contributed by atoms with Crippen molar-refractivity contribution < 1.29 is 19.8 Å². The van der Waals surface area contributed by atoms with Gasteiger partial charge in [0.15, 0.2) is 0 Å². The van der Waals surface area contributed by atoms with E-state index in [0.29, 0.717) is 0 Å². The maximum Gasteiger partial charge on any atom is 0.229 e. The Labute approximate surface area is 307 Å². The first kappa shape index (κ1) is 37.5. The Hall–Kier alpha value is -4.28. The molecule has 278 valence electrons. The van der Waals surface area contributed by atoms with Gasteiger partial charge in [0.1, 0.15) is 11.6 Å². The van der Waals surface area contributed by atoms with E-state index in [0.717, 1.165) is 71.0 Å². The number of H-pyrrole nitrogens is 2. The van der Waals surface area contributed by atoms with Crippen molar-refractivity contribution in [1.29, 1.82) is 0 Å². The average molecular weight is 709 g/mol. The van der Waals surface area contributed by atoms with Gasteiger partial charge in [0, 0.05) is 0 Å². The van der Waals surface area contributed by atoms with Crippen molar-refractivity contribution in [1.82, 2.24) is 30.6 Å². The maximum atomic E-state index is 13.3. The molecule has 10 heteroatoms. The van der Waals surface area contributed by atoms with Crippen LogP contribution in [0.15, 0.2) is 60.9 Å². The number of benzene rings is 2. The molecule has 2 aromatic heterocycles. The fourth-order valence-corrected chi connectivity index (χ4v) is 6.24. The second-order valence-electron chi connectivity index (χ2n) is 18.0. The van der Waals surface area contributed by atoms with Crippen molar-refractivity contribution in [3.05, 3.63) is 72.6 Å². The lowest BCUT2D eigenvalue weighted by Gasteiger charge is -2.37. The first-order valence-corrected chi connectivity index (χ1v) is 18.4. The van der Waals surface area contributed by atoms with Crippen LogP contribution in [0, 0.1) is 21.7 Å². The summed E-state index contributed by atoms with van der Waals surface area (Å²) in [5.74, 6) is 1.03. The minimum atomic E-state index is -1.18. The van der Waals surface area contributed by atoms with Gasteiger partial charge in [-0.1, -0.05) is 62.4 Å². The Bertz CT molecular complexity index is 1790. The highest BCUT2D eigenvalue weighted by molar-refractivity contribution is 5.84. The van der Waals surface area contributed by atoms with Crippen LogP contribution in [0.25, 0.3) is 33.6 Å². The number of amides is 2. The number of aromatic amines is 2. The van der Waals surface area contributed by atoms with Crippen molar-refractivity contribution in [2.75, 3.05) is 0 Å². The zero-order valence-corrected chi connectivity index (χ0v) is 32.4. The highest BCUT2D eigenvalue weighted by Crippen LogP contribution is 2.55. The van der Waals surface area contributed by atoms with E-state index in [-0.39, 0.29) is 34.7 Å². The van der Waals surface area contributed by atoms with Crippen molar-refractivity contribution in [3.8, 4) is 33.6 Å². The maximum absolute atomic E-state index is 13.3. The number of carbonyl (C=O) groups excluding carboxylic acids is 2. The lowest BCUT2D eigenvalue weighted by molar-refractivity contribution is -0.144. The minimum Gasteiger partial charge on any atom is -0.389 e. The molecule has 52 heavy (non-hydrogen) atoms. The fourth-order valence-electron chi connectivity index (χ4n) is 6.24. The molecule has 2 aliphatic carbocycles. The van der Waals surface area contributed by atoms with Gasteiger partial charge in [-0.15, -0.1) is 0 Å². The lowest BCUT2D eigenvalue weighted by Crippen LogP contribution is -2.52. The zero-order valence-electron chi connectivity index (χ0n) is 32.4. The Kier molecular flexibility index (Phi) is 9.15. The molecule has 2 saturated carbocycles. The Balaban J connectivity index is 1.15. The molecule has 6 N–H and O–H groups in total. The smallest absolute Gasteiger partial charge is 0.229 e. The van der Waals surface area contributed by atoms with E-state index >= 15 is 0 Å². The fraction of sp³-hybridized carbons (Fsp3) is 0.524. The quantitative estimate of drug-likeness (QED) is 0.0839. The number of aromatic nitrogens is 4. The Morgan fingerprint density at radius 1 is 0.596 bits per heavy atom. The molecule has 0 bridgehead atoms. The van der Waals surface area contributed by atoms with Crippen molar-refractivity contribution in [3.63, 3.8) is 0 Å². The largest absolute Gasteiger partial charge is 0.389 e. The highest BCUT2D eigenvalue weighted by Gasteiger charge is 2.52. The van der Waals surface area contributed by atoms with Crippen LogP contribution in [-0.4, -0.2) is 53.2 Å². The average Bonchev–Trinajstić information content (AvgIpc) is 3.85. The lowest BCUT2D eigenvalue weighted by atomic mass is 9.76. The van der Waals surface area contributed by atoms with Crippen molar-refractivity contribution in [2.45, 2.75) is 118 Å². The summed E-state index contributed by atoms with van der Waals surface area (Å²) in [4.78, 5) is 43.0. The van der Waals surface area contributed by atoms with Crippen LogP contribution in [0.2, 0.25) is 0 Å². The number of rotatable bonds is 13. The first-order chi connectivity index (χ1) is 24.1. The summed E-state index contributed by atoms with van der Waals surface area (Å²) in [6.45, 7) is 18.0. The van der Waals surface area contributed by atoms with Crippen LogP contribution in [-0.2, 0) is 9.59 Å². The second-order valence-corrected chi connectivity index (χ2v) is 18.0. The van der Waals surface area contributed by atoms with E-state index in [1.807, 2.05) is 12.4 Å². The minimum absolute atomic E-state index is 0.0871. The molecule has 2 aromatic carbocycles. The third-order valence-corrected chi connectivity index (χ3v) is 12.7. The van der Waals surface area contributed by atoms with Gasteiger partial charge in [-0.2, -0.15) is 0 Å². The van der Waals surface area contributed by atoms with Gasteiger partial charge in [0.2, 0.25) is 11.8 Å².